The quantitative estimate of drug-likeness (QED) is 0.728. The number of hydrogen-bond donors (Lipinski definition) is 0. The van der Waals surface area contributed by atoms with Crippen LogP contribution in [0.15, 0.2) is 54.6 Å². The second-order valence-electron chi connectivity index (χ2n) is 9.28. The molecule has 5 rings (SSSR count). The molecule has 31 heavy (non-hydrogen) atoms. The molecule has 0 aromatic heterocycles. The van der Waals surface area contributed by atoms with Crippen molar-refractivity contribution in [3.8, 4) is 0 Å². The maximum Gasteiger partial charge on any atom is 0.253 e. The lowest BCUT2D eigenvalue weighted by Crippen LogP contribution is -2.69. The fraction of sp³-hybridized carbons (Fsp3) is 0.462. The number of piperidine rings is 1. The Morgan fingerprint density at radius 3 is 2.42 bits per heavy atom. The summed E-state index contributed by atoms with van der Waals surface area (Å²) in [6.07, 6.45) is 6.23. The molecule has 2 aromatic rings. The largest absolute Gasteiger partial charge is 0.338 e. The summed E-state index contributed by atoms with van der Waals surface area (Å²) >= 11 is 0. The lowest BCUT2D eigenvalue weighted by molar-refractivity contribution is -0.172. The molecule has 3 atom stereocenters. The molecule has 0 radical (unpaired) electrons. The molecule has 2 aromatic carbocycles. The zero-order valence-corrected chi connectivity index (χ0v) is 17.8. The molecule has 2 amide bonds. The molecule has 0 N–H and O–H groups in total. The molecule has 3 fully saturated rings. The standard InChI is InChI=1S/C26H29FN2O2/c27-23-13-11-19(12-14-23)24(30)28-16-6-7-20(17-28)25(31)29-18-22-10-4-5-15-26(22,29)21-8-2-1-3-9-21/h1-3,8-9,11-14,20,22H,4-7,10,15-18H2/t20-,22-,26-/m0/s1. The predicted octanol–water partition coefficient (Wildman–Crippen LogP) is 4.61. The van der Waals surface area contributed by atoms with Crippen molar-refractivity contribution in [1.82, 2.24) is 9.80 Å². The number of likely N-dealkylation sites (tertiary alicyclic amines) is 2. The lowest BCUT2D eigenvalue weighted by Gasteiger charge is -2.62. The number of hydrogen-bond acceptors (Lipinski definition) is 2. The fourth-order valence-electron chi connectivity index (χ4n) is 6.00. The number of rotatable bonds is 3. The Labute approximate surface area is 183 Å². The minimum Gasteiger partial charge on any atom is -0.338 e. The van der Waals surface area contributed by atoms with Crippen LogP contribution < -0.4 is 0 Å². The van der Waals surface area contributed by atoms with E-state index in [2.05, 4.69) is 29.2 Å². The average Bonchev–Trinajstić information content (AvgIpc) is 2.80. The van der Waals surface area contributed by atoms with Crippen LogP contribution in [0.1, 0.15) is 54.4 Å². The minimum absolute atomic E-state index is 0.116. The zero-order valence-electron chi connectivity index (χ0n) is 17.8. The highest BCUT2D eigenvalue weighted by atomic mass is 19.1. The summed E-state index contributed by atoms with van der Waals surface area (Å²) in [5, 5.41) is 0. The molecule has 2 saturated heterocycles. The highest BCUT2D eigenvalue weighted by Gasteiger charge is 2.57. The van der Waals surface area contributed by atoms with Crippen molar-refractivity contribution in [2.75, 3.05) is 19.6 Å². The van der Waals surface area contributed by atoms with E-state index < -0.39 is 0 Å². The number of carbonyl (C=O) groups is 2. The van der Waals surface area contributed by atoms with E-state index >= 15 is 0 Å². The van der Waals surface area contributed by atoms with Crippen molar-refractivity contribution in [2.45, 2.75) is 44.1 Å². The Balaban J connectivity index is 1.35. The molecule has 0 spiro atoms. The van der Waals surface area contributed by atoms with Gasteiger partial charge in [-0.25, -0.2) is 4.39 Å². The van der Waals surface area contributed by atoms with Gasteiger partial charge in [-0.05, 0) is 55.5 Å². The molecular formula is C26H29FN2O2. The van der Waals surface area contributed by atoms with E-state index in [4.69, 9.17) is 0 Å². The Kier molecular flexibility index (Phi) is 5.28. The topological polar surface area (TPSA) is 40.6 Å². The van der Waals surface area contributed by atoms with Gasteiger partial charge in [0.15, 0.2) is 0 Å². The predicted molar refractivity (Wildman–Crippen MR) is 117 cm³/mol. The number of carbonyl (C=O) groups excluding carboxylic acids is 2. The van der Waals surface area contributed by atoms with Crippen LogP contribution in [-0.4, -0.2) is 41.2 Å². The Morgan fingerprint density at radius 2 is 1.68 bits per heavy atom. The van der Waals surface area contributed by atoms with Crippen LogP contribution in [0.3, 0.4) is 0 Å². The number of fused-ring (bicyclic) bond motifs is 1. The van der Waals surface area contributed by atoms with Gasteiger partial charge in [0.1, 0.15) is 5.82 Å². The summed E-state index contributed by atoms with van der Waals surface area (Å²) < 4.78 is 13.2. The third-order valence-corrected chi connectivity index (χ3v) is 7.61. The summed E-state index contributed by atoms with van der Waals surface area (Å²) in [6, 6.07) is 16.2. The Hall–Kier alpha value is -2.69. The summed E-state index contributed by atoms with van der Waals surface area (Å²) in [6.45, 7) is 1.92. The van der Waals surface area contributed by atoms with Gasteiger partial charge in [-0.2, -0.15) is 0 Å². The SMILES string of the molecule is O=C(c1ccc(F)cc1)N1CCC[C@H](C(=O)N2C[C@@H]3CCCC[C@]32c2ccccc2)C1. The molecule has 2 heterocycles. The maximum atomic E-state index is 13.7. The zero-order chi connectivity index (χ0) is 21.4. The second kappa shape index (κ2) is 8.10. The highest BCUT2D eigenvalue weighted by molar-refractivity contribution is 5.94. The maximum absolute atomic E-state index is 13.7. The summed E-state index contributed by atoms with van der Waals surface area (Å²) in [7, 11) is 0. The van der Waals surface area contributed by atoms with Gasteiger partial charge in [-0.1, -0.05) is 43.2 Å². The summed E-state index contributed by atoms with van der Waals surface area (Å²) in [5.74, 6) is 0.0945. The van der Waals surface area contributed by atoms with Crippen molar-refractivity contribution >= 4 is 11.8 Å². The van der Waals surface area contributed by atoms with Crippen LogP contribution >= 0.6 is 0 Å². The molecular weight excluding hydrogens is 391 g/mol. The molecule has 3 aliphatic rings. The van der Waals surface area contributed by atoms with E-state index in [1.807, 2.05) is 6.07 Å². The Morgan fingerprint density at radius 1 is 0.903 bits per heavy atom. The Bertz CT molecular complexity index is 961. The van der Waals surface area contributed by atoms with Crippen molar-refractivity contribution in [3.63, 3.8) is 0 Å². The third-order valence-electron chi connectivity index (χ3n) is 7.61. The van der Waals surface area contributed by atoms with Crippen LogP contribution in [0.5, 0.6) is 0 Å². The van der Waals surface area contributed by atoms with Gasteiger partial charge in [0, 0.05) is 31.1 Å². The van der Waals surface area contributed by atoms with Crippen molar-refractivity contribution < 1.29 is 14.0 Å². The van der Waals surface area contributed by atoms with Gasteiger partial charge < -0.3 is 9.80 Å². The van der Waals surface area contributed by atoms with Crippen molar-refractivity contribution in [1.29, 1.82) is 0 Å². The van der Waals surface area contributed by atoms with Gasteiger partial charge in [0.05, 0.1) is 11.5 Å². The van der Waals surface area contributed by atoms with Crippen molar-refractivity contribution in [3.05, 3.63) is 71.5 Å². The molecule has 4 nitrogen and oxygen atoms in total. The van der Waals surface area contributed by atoms with E-state index in [1.54, 1.807) is 4.90 Å². The molecule has 1 saturated carbocycles. The lowest BCUT2D eigenvalue weighted by atomic mass is 9.61. The highest BCUT2D eigenvalue weighted by Crippen LogP contribution is 2.54. The normalized spacial score (nSPS) is 27.9. The average molecular weight is 421 g/mol. The van der Waals surface area contributed by atoms with E-state index in [-0.39, 0.29) is 29.1 Å². The second-order valence-corrected chi connectivity index (χ2v) is 9.28. The van der Waals surface area contributed by atoms with Crippen LogP contribution in [-0.2, 0) is 10.3 Å². The first-order valence-corrected chi connectivity index (χ1v) is 11.5. The minimum atomic E-state index is -0.353. The smallest absolute Gasteiger partial charge is 0.253 e. The first kappa shape index (κ1) is 20.2. The summed E-state index contributed by atoms with van der Waals surface area (Å²) in [5.41, 5.74) is 1.57. The van der Waals surface area contributed by atoms with Gasteiger partial charge in [0.25, 0.3) is 5.91 Å². The molecule has 0 bridgehead atoms. The summed E-state index contributed by atoms with van der Waals surface area (Å²) in [4.78, 5) is 30.5. The molecule has 5 heteroatoms. The van der Waals surface area contributed by atoms with E-state index in [0.29, 0.717) is 24.6 Å². The first-order chi connectivity index (χ1) is 15.1. The van der Waals surface area contributed by atoms with Crippen LogP contribution in [0.4, 0.5) is 4.39 Å². The van der Waals surface area contributed by atoms with Gasteiger partial charge in [-0.15, -0.1) is 0 Å². The number of benzene rings is 2. The molecule has 1 aliphatic carbocycles. The van der Waals surface area contributed by atoms with Gasteiger partial charge >= 0.3 is 0 Å². The molecule has 162 valence electrons. The van der Waals surface area contributed by atoms with Crippen molar-refractivity contribution in [2.24, 2.45) is 11.8 Å². The van der Waals surface area contributed by atoms with Gasteiger partial charge in [0.2, 0.25) is 5.91 Å². The van der Waals surface area contributed by atoms with Crippen LogP contribution in [0.2, 0.25) is 0 Å². The molecule has 0 unspecified atom stereocenters. The molecule has 2 aliphatic heterocycles. The van der Waals surface area contributed by atoms with Gasteiger partial charge in [-0.3, -0.25) is 9.59 Å². The first-order valence-electron chi connectivity index (χ1n) is 11.5. The van der Waals surface area contributed by atoms with E-state index in [1.165, 1.54) is 42.7 Å². The van der Waals surface area contributed by atoms with E-state index in [0.717, 1.165) is 32.2 Å². The number of amides is 2. The third kappa shape index (κ3) is 3.44. The fourth-order valence-corrected chi connectivity index (χ4v) is 6.00. The monoisotopic (exact) mass is 420 g/mol. The van der Waals surface area contributed by atoms with Crippen LogP contribution in [0.25, 0.3) is 0 Å². The number of halogens is 1. The van der Waals surface area contributed by atoms with Crippen LogP contribution in [0, 0.1) is 17.7 Å². The number of nitrogens with zero attached hydrogens (tertiary/aromatic N) is 2. The van der Waals surface area contributed by atoms with E-state index in [9.17, 15) is 14.0 Å².